The van der Waals surface area contributed by atoms with E-state index in [-0.39, 0.29) is 12.1 Å². The fraction of sp³-hybridized carbons (Fsp3) is 0.474. The normalized spacial score (nSPS) is 10.7. The second-order valence-corrected chi connectivity index (χ2v) is 6.23. The van der Waals surface area contributed by atoms with Gasteiger partial charge in [-0.1, -0.05) is 44.9 Å². The third-order valence-corrected chi connectivity index (χ3v) is 4.24. The van der Waals surface area contributed by atoms with Crippen molar-refractivity contribution in [2.75, 3.05) is 13.1 Å². The van der Waals surface area contributed by atoms with E-state index in [0.29, 0.717) is 29.6 Å². The van der Waals surface area contributed by atoms with Gasteiger partial charge in [0.25, 0.3) is 5.56 Å². The van der Waals surface area contributed by atoms with Crippen LogP contribution < -0.4 is 10.9 Å². The number of carbonyl (C=O) groups excluding carboxylic acids is 2. The van der Waals surface area contributed by atoms with Crippen molar-refractivity contribution >= 4 is 22.6 Å². The Kier molecular flexibility index (Phi) is 7.32. The molecule has 1 aromatic carbocycles. The van der Waals surface area contributed by atoms with Crippen LogP contribution in [0.4, 0.5) is 0 Å². The first kappa shape index (κ1) is 19.6. The van der Waals surface area contributed by atoms with Crippen LogP contribution in [0.15, 0.2) is 29.1 Å². The number of carbonyl (C=O) groups is 2. The zero-order valence-electron chi connectivity index (χ0n) is 15.4. The third kappa shape index (κ3) is 4.91. The van der Waals surface area contributed by atoms with Crippen LogP contribution in [-0.4, -0.2) is 40.0 Å². The van der Waals surface area contributed by atoms with Crippen molar-refractivity contribution in [1.29, 1.82) is 0 Å². The van der Waals surface area contributed by atoms with E-state index in [9.17, 15) is 14.4 Å². The molecule has 0 spiro atoms. The highest BCUT2D eigenvalue weighted by Gasteiger charge is 2.21. The highest BCUT2D eigenvalue weighted by atomic mass is 16.2. The largest absolute Gasteiger partial charge is 0.342 e. The number of rotatable bonds is 8. The topological polar surface area (TPSA) is 95.2 Å². The van der Waals surface area contributed by atoms with Gasteiger partial charge >= 0.3 is 11.8 Å². The minimum absolute atomic E-state index is 0.0806. The van der Waals surface area contributed by atoms with Gasteiger partial charge in [-0.25, -0.2) is 5.10 Å². The molecule has 2 N–H and O–H groups in total. The van der Waals surface area contributed by atoms with Gasteiger partial charge in [0, 0.05) is 18.5 Å². The van der Waals surface area contributed by atoms with Gasteiger partial charge < -0.3 is 10.2 Å². The summed E-state index contributed by atoms with van der Waals surface area (Å²) in [4.78, 5) is 38.1. The zero-order chi connectivity index (χ0) is 18.9. The molecule has 0 bridgehead atoms. The number of aromatic amines is 1. The standard InChI is InChI=1S/C19H26N4O3/c1-3-5-11-23(12-6-4-2)19(26)18(25)20-13-16-14-9-7-8-10-15(14)17(24)22-21-16/h7-10H,3-6,11-13H2,1-2H3,(H,20,25)(H,22,24). The molecule has 0 radical (unpaired) electrons. The molecule has 1 heterocycles. The number of aromatic nitrogens is 2. The summed E-state index contributed by atoms with van der Waals surface area (Å²) in [7, 11) is 0. The van der Waals surface area contributed by atoms with Crippen LogP contribution in [0.2, 0.25) is 0 Å². The molecule has 140 valence electrons. The summed E-state index contributed by atoms with van der Waals surface area (Å²) in [5, 5.41) is 10.2. The number of nitrogens with one attached hydrogen (secondary N) is 2. The summed E-state index contributed by atoms with van der Waals surface area (Å²) in [6.07, 6.45) is 3.67. The van der Waals surface area contributed by atoms with Crippen molar-refractivity contribution in [2.24, 2.45) is 0 Å². The molecule has 2 rings (SSSR count). The maximum absolute atomic E-state index is 12.4. The summed E-state index contributed by atoms with van der Waals surface area (Å²) in [6.45, 7) is 5.35. The minimum Gasteiger partial charge on any atom is -0.342 e. The van der Waals surface area contributed by atoms with Crippen molar-refractivity contribution in [1.82, 2.24) is 20.4 Å². The molecule has 0 aliphatic heterocycles. The number of hydrogen-bond donors (Lipinski definition) is 2. The zero-order valence-corrected chi connectivity index (χ0v) is 15.4. The van der Waals surface area contributed by atoms with E-state index >= 15 is 0 Å². The Morgan fingerprint density at radius 2 is 1.69 bits per heavy atom. The number of unbranched alkanes of at least 4 members (excludes halogenated alkanes) is 2. The van der Waals surface area contributed by atoms with Gasteiger partial charge in [-0.3, -0.25) is 14.4 Å². The van der Waals surface area contributed by atoms with E-state index in [0.717, 1.165) is 25.7 Å². The van der Waals surface area contributed by atoms with Crippen LogP contribution in [0.5, 0.6) is 0 Å². The molecule has 2 aromatic rings. The van der Waals surface area contributed by atoms with Crippen molar-refractivity contribution in [3.05, 3.63) is 40.3 Å². The van der Waals surface area contributed by atoms with E-state index in [1.54, 1.807) is 29.2 Å². The Bertz CT molecular complexity index is 808. The van der Waals surface area contributed by atoms with Crippen molar-refractivity contribution in [3.63, 3.8) is 0 Å². The highest BCUT2D eigenvalue weighted by molar-refractivity contribution is 6.34. The summed E-state index contributed by atoms with van der Waals surface area (Å²) < 4.78 is 0. The predicted octanol–water partition coefficient (Wildman–Crippen LogP) is 1.97. The molecule has 7 heteroatoms. The summed E-state index contributed by atoms with van der Waals surface area (Å²) in [5.41, 5.74) is 0.243. The van der Waals surface area contributed by atoms with Crippen LogP contribution >= 0.6 is 0 Å². The molecule has 26 heavy (non-hydrogen) atoms. The van der Waals surface area contributed by atoms with Gasteiger partial charge in [0.1, 0.15) is 0 Å². The van der Waals surface area contributed by atoms with E-state index in [2.05, 4.69) is 29.4 Å². The smallest absolute Gasteiger partial charge is 0.311 e. The molecule has 7 nitrogen and oxygen atoms in total. The first-order valence-corrected chi connectivity index (χ1v) is 9.11. The van der Waals surface area contributed by atoms with Crippen LogP contribution in [0.1, 0.15) is 45.2 Å². The van der Waals surface area contributed by atoms with E-state index in [1.165, 1.54) is 0 Å². The highest BCUT2D eigenvalue weighted by Crippen LogP contribution is 2.12. The number of amides is 2. The monoisotopic (exact) mass is 358 g/mol. The van der Waals surface area contributed by atoms with Crippen LogP contribution in [0.3, 0.4) is 0 Å². The maximum Gasteiger partial charge on any atom is 0.311 e. The van der Waals surface area contributed by atoms with Gasteiger partial charge in [0.05, 0.1) is 17.6 Å². The Morgan fingerprint density at radius 1 is 1.08 bits per heavy atom. The average molecular weight is 358 g/mol. The Balaban J connectivity index is 2.06. The second kappa shape index (κ2) is 9.70. The van der Waals surface area contributed by atoms with Gasteiger partial charge in [-0.05, 0) is 18.9 Å². The molecule has 0 saturated heterocycles. The van der Waals surface area contributed by atoms with Gasteiger partial charge in [-0.15, -0.1) is 0 Å². The Labute approximate surface area is 152 Å². The summed E-state index contributed by atoms with van der Waals surface area (Å²) >= 11 is 0. The van der Waals surface area contributed by atoms with Gasteiger partial charge in [0.2, 0.25) is 0 Å². The first-order valence-electron chi connectivity index (χ1n) is 9.11. The number of hydrogen-bond acceptors (Lipinski definition) is 4. The molecule has 0 aliphatic carbocycles. The Morgan fingerprint density at radius 3 is 2.31 bits per heavy atom. The Hall–Kier alpha value is -2.70. The van der Waals surface area contributed by atoms with Crippen molar-refractivity contribution in [2.45, 2.75) is 46.1 Å². The first-order chi connectivity index (χ1) is 12.6. The molecule has 0 unspecified atom stereocenters. The summed E-state index contributed by atoms with van der Waals surface area (Å²) in [5.74, 6) is -1.16. The SMILES string of the molecule is CCCCN(CCCC)C(=O)C(=O)NCc1n[nH]c(=O)c2ccccc12. The number of benzene rings is 1. The van der Waals surface area contributed by atoms with Crippen LogP contribution in [0, 0.1) is 0 Å². The van der Waals surface area contributed by atoms with E-state index in [1.807, 2.05) is 0 Å². The van der Waals surface area contributed by atoms with E-state index < -0.39 is 11.8 Å². The molecule has 0 atom stereocenters. The molecular formula is C19H26N4O3. The lowest BCUT2D eigenvalue weighted by Crippen LogP contribution is -2.43. The predicted molar refractivity (Wildman–Crippen MR) is 101 cm³/mol. The number of fused-ring (bicyclic) bond motifs is 1. The van der Waals surface area contributed by atoms with Gasteiger partial charge in [-0.2, -0.15) is 5.10 Å². The lowest BCUT2D eigenvalue weighted by molar-refractivity contribution is -0.146. The average Bonchev–Trinajstić information content (AvgIpc) is 2.67. The fourth-order valence-corrected chi connectivity index (χ4v) is 2.70. The summed E-state index contributed by atoms with van der Waals surface area (Å²) in [6, 6.07) is 7.04. The van der Waals surface area contributed by atoms with Crippen LogP contribution in [0.25, 0.3) is 10.8 Å². The lowest BCUT2D eigenvalue weighted by Gasteiger charge is -2.21. The van der Waals surface area contributed by atoms with Crippen molar-refractivity contribution < 1.29 is 9.59 Å². The molecular weight excluding hydrogens is 332 g/mol. The molecule has 0 aliphatic rings. The number of nitrogens with zero attached hydrogens (tertiary/aromatic N) is 2. The third-order valence-electron chi connectivity index (χ3n) is 4.24. The second-order valence-electron chi connectivity index (χ2n) is 6.23. The van der Waals surface area contributed by atoms with Gasteiger partial charge in [0.15, 0.2) is 0 Å². The maximum atomic E-state index is 12.4. The molecule has 0 fully saturated rings. The molecule has 2 amide bonds. The van der Waals surface area contributed by atoms with E-state index in [4.69, 9.17) is 0 Å². The fourth-order valence-electron chi connectivity index (χ4n) is 2.70. The minimum atomic E-state index is -0.644. The van der Waals surface area contributed by atoms with Crippen molar-refractivity contribution in [3.8, 4) is 0 Å². The lowest BCUT2D eigenvalue weighted by atomic mass is 10.1. The van der Waals surface area contributed by atoms with Crippen LogP contribution in [-0.2, 0) is 16.1 Å². The molecule has 1 aromatic heterocycles. The quantitative estimate of drug-likeness (QED) is 0.705. The molecule has 0 saturated carbocycles. The number of H-pyrrole nitrogens is 1.